The van der Waals surface area contributed by atoms with E-state index in [2.05, 4.69) is 17.2 Å². The molecule has 1 aromatic carbocycles. The van der Waals surface area contributed by atoms with Crippen molar-refractivity contribution in [2.24, 2.45) is 0 Å². The molecule has 2 atom stereocenters. The molecule has 1 fully saturated rings. The first-order valence-corrected chi connectivity index (χ1v) is 12.5. The highest BCUT2D eigenvalue weighted by Gasteiger charge is 2.52. The largest absolute Gasteiger partial charge is 0.463 e. The van der Waals surface area contributed by atoms with E-state index in [9.17, 15) is 23.2 Å². The number of rotatable bonds is 13. The number of nitrogens with one attached hydrogen (secondary N) is 1. The first-order valence-electron chi connectivity index (χ1n) is 12.5. The van der Waals surface area contributed by atoms with Gasteiger partial charge in [0, 0.05) is 19.0 Å². The number of amides is 1. The first kappa shape index (κ1) is 28.2. The third kappa shape index (κ3) is 8.92. The monoisotopic (exact) mass is 521 g/mol. The molecule has 9 nitrogen and oxygen atoms in total. The fourth-order valence-corrected chi connectivity index (χ4v) is 3.92. The molecular weight excluding hydrogens is 488 g/mol. The van der Waals surface area contributed by atoms with E-state index < -0.39 is 42.4 Å². The van der Waals surface area contributed by atoms with E-state index in [0.29, 0.717) is 11.0 Å². The van der Waals surface area contributed by atoms with Crippen LogP contribution < -0.4 is 11.0 Å². The zero-order valence-electron chi connectivity index (χ0n) is 20.9. The molecule has 0 bridgehead atoms. The summed E-state index contributed by atoms with van der Waals surface area (Å²) in [5, 5.41) is 2.32. The second-order valence-corrected chi connectivity index (χ2v) is 8.92. The Bertz CT molecular complexity index is 1080. The van der Waals surface area contributed by atoms with Crippen molar-refractivity contribution >= 4 is 17.9 Å². The third-order valence-electron chi connectivity index (χ3n) is 5.87. The van der Waals surface area contributed by atoms with Gasteiger partial charge >= 0.3 is 17.8 Å². The van der Waals surface area contributed by atoms with E-state index in [4.69, 9.17) is 14.2 Å². The molecule has 0 spiro atoms. The zero-order valence-corrected chi connectivity index (χ0v) is 20.9. The third-order valence-corrected chi connectivity index (χ3v) is 5.87. The molecule has 0 unspecified atom stereocenters. The van der Waals surface area contributed by atoms with E-state index in [1.54, 1.807) is 0 Å². The van der Waals surface area contributed by atoms with Crippen molar-refractivity contribution in [2.75, 3.05) is 18.5 Å². The topological polar surface area (TPSA) is 109 Å². The number of halogens is 2. The normalized spacial score (nSPS) is 18.4. The predicted molar refractivity (Wildman–Crippen MR) is 131 cm³/mol. The van der Waals surface area contributed by atoms with Crippen molar-refractivity contribution in [2.45, 2.75) is 76.5 Å². The van der Waals surface area contributed by atoms with Gasteiger partial charge in [-0.15, -0.1) is 0 Å². The number of aryl methyl sites for hydroxylation is 1. The van der Waals surface area contributed by atoms with Gasteiger partial charge in [-0.25, -0.2) is 18.4 Å². The number of hydrogen-bond acceptors (Lipinski definition) is 7. The second kappa shape index (κ2) is 13.8. The van der Waals surface area contributed by atoms with Gasteiger partial charge in [-0.05, 0) is 24.5 Å². The lowest BCUT2D eigenvalue weighted by Crippen LogP contribution is -2.35. The highest BCUT2D eigenvalue weighted by atomic mass is 19.3. The van der Waals surface area contributed by atoms with Gasteiger partial charge in [0.05, 0.1) is 6.61 Å². The molecule has 0 aliphatic carbocycles. The minimum absolute atomic E-state index is 0.107. The Morgan fingerprint density at radius 2 is 1.89 bits per heavy atom. The molecule has 202 valence electrons. The SMILES string of the molecule is CCCCCCCOC(=O)Nc1ccn([C@@H]2O[C@H](COC(=O)CCc3ccccc3)CC2(F)F)c(=O)n1. The minimum Gasteiger partial charge on any atom is -0.463 e. The Labute approximate surface area is 214 Å². The van der Waals surface area contributed by atoms with Crippen LogP contribution in [0.4, 0.5) is 19.4 Å². The number of aromatic nitrogens is 2. The molecule has 1 aliphatic heterocycles. The van der Waals surface area contributed by atoms with Crippen molar-refractivity contribution in [3.8, 4) is 0 Å². The molecule has 1 aromatic heterocycles. The van der Waals surface area contributed by atoms with Gasteiger partial charge in [0.1, 0.15) is 18.5 Å². The number of ether oxygens (including phenoxy) is 3. The number of benzene rings is 1. The van der Waals surface area contributed by atoms with Crippen LogP contribution >= 0.6 is 0 Å². The highest BCUT2D eigenvalue weighted by Crippen LogP contribution is 2.42. The maximum Gasteiger partial charge on any atom is 0.412 e. The van der Waals surface area contributed by atoms with Crippen LogP contribution in [0.1, 0.15) is 63.7 Å². The zero-order chi connectivity index (χ0) is 26.7. The Morgan fingerprint density at radius 1 is 1.14 bits per heavy atom. The Balaban J connectivity index is 1.47. The lowest BCUT2D eigenvalue weighted by atomic mass is 10.1. The van der Waals surface area contributed by atoms with E-state index in [1.165, 1.54) is 6.07 Å². The number of nitrogens with zero attached hydrogens (tertiary/aromatic N) is 2. The van der Waals surface area contributed by atoms with Gasteiger partial charge in [-0.3, -0.25) is 14.7 Å². The van der Waals surface area contributed by atoms with Crippen LogP contribution in [0.25, 0.3) is 0 Å². The molecule has 11 heteroatoms. The summed E-state index contributed by atoms with van der Waals surface area (Å²) in [6.07, 6.45) is 2.11. The quantitative estimate of drug-likeness (QED) is 0.296. The van der Waals surface area contributed by atoms with Crippen molar-refractivity contribution in [3.63, 3.8) is 0 Å². The van der Waals surface area contributed by atoms with Crippen LogP contribution in [0.2, 0.25) is 0 Å². The van der Waals surface area contributed by atoms with Crippen LogP contribution in [0, 0.1) is 0 Å². The molecule has 1 saturated heterocycles. The molecule has 3 rings (SSSR count). The summed E-state index contributed by atoms with van der Waals surface area (Å²) < 4.78 is 45.4. The van der Waals surface area contributed by atoms with Gasteiger partial charge < -0.3 is 14.2 Å². The minimum atomic E-state index is -3.39. The number of alkyl halides is 2. The number of carbonyl (C=O) groups excluding carboxylic acids is 2. The summed E-state index contributed by atoms with van der Waals surface area (Å²) in [6.45, 7) is 1.98. The number of anilines is 1. The first-order chi connectivity index (χ1) is 17.8. The summed E-state index contributed by atoms with van der Waals surface area (Å²) in [5.41, 5.74) is -0.0637. The van der Waals surface area contributed by atoms with Crippen LogP contribution in [-0.4, -0.2) is 46.9 Å². The summed E-state index contributed by atoms with van der Waals surface area (Å²) in [7, 11) is 0. The van der Waals surface area contributed by atoms with E-state index >= 15 is 0 Å². The maximum absolute atomic E-state index is 14.6. The van der Waals surface area contributed by atoms with Gasteiger partial charge in [-0.1, -0.05) is 62.9 Å². The summed E-state index contributed by atoms with van der Waals surface area (Å²) in [4.78, 5) is 40.0. The fourth-order valence-electron chi connectivity index (χ4n) is 3.92. The number of esters is 1. The predicted octanol–water partition coefficient (Wildman–Crippen LogP) is 4.86. The van der Waals surface area contributed by atoms with Crippen molar-refractivity contribution in [3.05, 3.63) is 58.6 Å². The summed E-state index contributed by atoms with van der Waals surface area (Å²) in [5.74, 6) is -4.04. The Kier molecular flexibility index (Phi) is 10.6. The number of carbonyl (C=O) groups is 2. The van der Waals surface area contributed by atoms with Crippen molar-refractivity contribution in [1.82, 2.24) is 9.55 Å². The lowest BCUT2D eigenvalue weighted by molar-refractivity contribution is -0.150. The van der Waals surface area contributed by atoms with Crippen LogP contribution in [0.3, 0.4) is 0 Å². The van der Waals surface area contributed by atoms with Gasteiger partial charge in [-0.2, -0.15) is 4.98 Å². The maximum atomic E-state index is 14.6. The van der Waals surface area contributed by atoms with E-state index in [0.717, 1.165) is 43.9 Å². The average Bonchev–Trinajstić information content (AvgIpc) is 3.18. The van der Waals surface area contributed by atoms with Gasteiger partial charge in [0.25, 0.3) is 5.92 Å². The smallest absolute Gasteiger partial charge is 0.412 e. The highest BCUT2D eigenvalue weighted by molar-refractivity contribution is 5.83. The average molecular weight is 522 g/mol. The van der Waals surface area contributed by atoms with Crippen molar-refractivity contribution < 1.29 is 32.6 Å². The molecule has 2 aromatic rings. The molecule has 1 amide bonds. The van der Waals surface area contributed by atoms with E-state index in [-0.39, 0.29) is 25.5 Å². The molecule has 1 aliphatic rings. The number of hydrogen-bond donors (Lipinski definition) is 1. The fraction of sp³-hybridized carbons (Fsp3) is 0.538. The molecule has 37 heavy (non-hydrogen) atoms. The van der Waals surface area contributed by atoms with E-state index in [1.807, 2.05) is 30.3 Å². The molecule has 1 N–H and O–H groups in total. The number of unbranched alkanes of at least 4 members (excludes halogenated alkanes) is 4. The van der Waals surface area contributed by atoms with Crippen LogP contribution in [0.15, 0.2) is 47.4 Å². The summed E-state index contributed by atoms with van der Waals surface area (Å²) >= 11 is 0. The Hall–Kier alpha value is -3.34. The second-order valence-electron chi connectivity index (χ2n) is 8.92. The van der Waals surface area contributed by atoms with Crippen LogP contribution in [0.5, 0.6) is 0 Å². The molecule has 2 heterocycles. The Morgan fingerprint density at radius 3 is 2.62 bits per heavy atom. The van der Waals surface area contributed by atoms with Gasteiger partial charge in [0.2, 0.25) is 6.23 Å². The van der Waals surface area contributed by atoms with Crippen LogP contribution in [-0.2, 0) is 25.4 Å². The van der Waals surface area contributed by atoms with Gasteiger partial charge in [0.15, 0.2) is 0 Å². The summed E-state index contributed by atoms with van der Waals surface area (Å²) in [6, 6.07) is 10.5. The standard InChI is InChI=1S/C26H33F2N3O6/c1-2-3-4-5-9-16-35-25(34)30-21-14-15-31(24(33)29-21)23-26(27,28)17-20(37-23)18-36-22(32)13-12-19-10-7-6-8-11-19/h6-8,10-11,14-15,20,23H,2-5,9,12-13,16-18H2,1H3,(H,29,30,33,34)/t20-,23+/m0/s1. The lowest BCUT2D eigenvalue weighted by Gasteiger charge is -2.20. The molecule has 0 radical (unpaired) electrons. The molecule has 0 saturated carbocycles. The molecular formula is C26H33F2N3O6. The van der Waals surface area contributed by atoms with Crippen molar-refractivity contribution in [1.29, 1.82) is 0 Å².